The second-order valence-electron chi connectivity index (χ2n) is 5.79. The van der Waals surface area contributed by atoms with E-state index < -0.39 is 0 Å². The molecule has 0 unspecified atom stereocenters. The first-order valence-corrected chi connectivity index (χ1v) is 7.98. The maximum Gasteiger partial charge on any atom is 0.209 e. The van der Waals surface area contributed by atoms with Gasteiger partial charge in [0.15, 0.2) is 5.82 Å². The van der Waals surface area contributed by atoms with Crippen LogP contribution < -0.4 is 10.6 Å². The second-order valence-corrected chi connectivity index (χ2v) is 6.85. The van der Waals surface area contributed by atoms with Crippen molar-refractivity contribution in [3.05, 3.63) is 36.2 Å². The van der Waals surface area contributed by atoms with Gasteiger partial charge in [-0.05, 0) is 18.6 Å². The van der Waals surface area contributed by atoms with Gasteiger partial charge in [-0.25, -0.2) is 4.68 Å². The Bertz CT molecular complexity index is 563. The van der Waals surface area contributed by atoms with E-state index >= 15 is 0 Å². The third-order valence-corrected chi connectivity index (χ3v) is 3.90. The van der Waals surface area contributed by atoms with Crippen molar-refractivity contribution in [2.75, 3.05) is 18.2 Å². The molecule has 0 amide bonds. The fraction of sp³-hybridized carbons (Fsp3) is 0.467. The highest BCUT2D eigenvalue weighted by atomic mass is 32.2. The fourth-order valence-electron chi connectivity index (χ4n) is 1.82. The highest BCUT2D eigenvalue weighted by Gasteiger charge is 2.22. The van der Waals surface area contributed by atoms with Crippen molar-refractivity contribution in [1.82, 2.24) is 14.9 Å². The van der Waals surface area contributed by atoms with Gasteiger partial charge in [0, 0.05) is 11.2 Å². The molecule has 114 valence electrons. The average Bonchev–Trinajstić information content (AvgIpc) is 2.81. The molecule has 2 aromatic rings. The van der Waals surface area contributed by atoms with Gasteiger partial charge in [0.1, 0.15) is 5.75 Å². The van der Waals surface area contributed by atoms with Crippen LogP contribution in [0.4, 0.5) is 0 Å². The quantitative estimate of drug-likeness (QED) is 0.505. The van der Waals surface area contributed by atoms with Gasteiger partial charge in [-0.3, -0.25) is 0 Å². The summed E-state index contributed by atoms with van der Waals surface area (Å²) >= 11 is 1.60. The summed E-state index contributed by atoms with van der Waals surface area (Å²) in [6.45, 7) is 6.90. The third kappa shape index (κ3) is 4.39. The topological polar surface area (TPSA) is 66.0 Å². The van der Waals surface area contributed by atoms with E-state index in [-0.39, 0.29) is 5.41 Å². The van der Waals surface area contributed by atoms with Crippen LogP contribution in [-0.4, -0.2) is 27.2 Å². The van der Waals surface area contributed by atoms with Crippen molar-refractivity contribution >= 4 is 11.8 Å². The highest BCUT2D eigenvalue weighted by Crippen LogP contribution is 2.23. The van der Waals surface area contributed by atoms with Crippen molar-refractivity contribution in [2.24, 2.45) is 0 Å². The summed E-state index contributed by atoms with van der Waals surface area (Å²) in [5.41, 5.74) is -0.100. The molecule has 6 heteroatoms. The molecule has 2 rings (SSSR count). The van der Waals surface area contributed by atoms with Crippen LogP contribution in [0.3, 0.4) is 0 Å². The van der Waals surface area contributed by atoms with E-state index in [1.807, 2.05) is 30.3 Å². The standard InChI is InChI=1S/C15H22N4OS/c1-15(2,3)13-17-18-14(19(13)16)21-11-7-10-20-12-8-5-4-6-9-12/h4-6,8-9H,7,10-11,16H2,1-3H3. The predicted octanol–water partition coefficient (Wildman–Crippen LogP) is 2.85. The number of hydrogen-bond acceptors (Lipinski definition) is 5. The Morgan fingerprint density at radius 2 is 1.90 bits per heavy atom. The molecule has 0 bridgehead atoms. The molecule has 21 heavy (non-hydrogen) atoms. The summed E-state index contributed by atoms with van der Waals surface area (Å²) in [6.07, 6.45) is 0.928. The van der Waals surface area contributed by atoms with Crippen LogP contribution in [-0.2, 0) is 5.41 Å². The largest absolute Gasteiger partial charge is 0.494 e. The zero-order valence-corrected chi connectivity index (χ0v) is 13.6. The number of thioether (sulfide) groups is 1. The molecule has 1 aromatic heterocycles. The Kier molecular flexibility index (Phi) is 5.12. The van der Waals surface area contributed by atoms with E-state index in [1.165, 1.54) is 0 Å². The molecule has 0 aliphatic rings. The first-order chi connectivity index (χ1) is 9.98. The first kappa shape index (κ1) is 15.7. The molecule has 1 aromatic carbocycles. The third-order valence-electron chi connectivity index (χ3n) is 2.87. The van der Waals surface area contributed by atoms with Crippen LogP contribution in [0.5, 0.6) is 5.75 Å². The van der Waals surface area contributed by atoms with Gasteiger partial charge in [-0.1, -0.05) is 50.7 Å². The van der Waals surface area contributed by atoms with Crippen LogP contribution in [0.25, 0.3) is 0 Å². The SMILES string of the molecule is CC(C)(C)c1nnc(SCCCOc2ccccc2)n1N. The summed E-state index contributed by atoms with van der Waals surface area (Å²) < 4.78 is 7.23. The molecular formula is C15H22N4OS. The van der Waals surface area contributed by atoms with E-state index in [4.69, 9.17) is 10.6 Å². The van der Waals surface area contributed by atoms with Crippen LogP contribution in [0.2, 0.25) is 0 Å². The molecule has 0 atom stereocenters. The van der Waals surface area contributed by atoms with Gasteiger partial charge < -0.3 is 10.6 Å². The Hall–Kier alpha value is -1.69. The normalized spacial score (nSPS) is 11.6. The lowest BCUT2D eigenvalue weighted by Gasteiger charge is -2.16. The number of nitrogens with two attached hydrogens (primary N) is 1. The van der Waals surface area contributed by atoms with E-state index in [2.05, 4.69) is 31.0 Å². The smallest absolute Gasteiger partial charge is 0.209 e. The van der Waals surface area contributed by atoms with Crippen molar-refractivity contribution in [3.8, 4) is 5.75 Å². The minimum Gasteiger partial charge on any atom is -0.494 e. The molecule has 1 heterocycles. The molecule has 0 spiro atoms. The van der Waals surface area contributed by atoms with E-state index in [9.17, 15) is 0 Å². The van der Waals surface area contributed by atoms with Crippen LogP contribution in [0.15, 0.2) is 35.5 Å². The number of benzene rings is 1. The Morgan fingerprint density at radius 1 is 1.19 bits per heavy atom. The van der Waals surface area contributed by atoms with E-state index in [1.54, 1.807) is 16.4 Å². The Labute approximate surface area is 129 Å². The first-order valence-electron chi connectivity index (χ1n) is 7.00. The van der Waals surface area contributed by atoms with E-state index in [0.717, 1.165) is 28.9 Å². The minimum atomic E-state index is -0.100. The molecule has 2 N–H and O–H groups in total. The minimum absolute atomic E-state index is 0.100. The van der Waals surface area contributed by atoms with Gasteiger partial charge in [-0.2, -0.15) is 0 Å². The van der Waals surface area contributed by atoms with Gasteiger partial charge >= 0.3 is 0 Å². The Morgan fingerprint density at radius 3 is 2.52 bits per heavy atom. The van der Waals surface area contributed by atoms with Crippen molar-refractivity contribution in [1.29, 1.82) is 0 Å². The number of rotatable bonds is 6. The molecule has 0 aliphatic heterocycles. The summed E-state index contributed by atoms with van der Waals surface area (Å²) in [7, 11) is 0. The maximum atomic E-state index is 6.03. The zero-order valence-electron chi connectivity index (χ0n) is 12.7. The van der Waals surface area contributed by atoms with Crippen molar-refractivity contribution < 1.29 is 4.74 Å². The van der Waals surface area contributed by atoms with Crippen LogP contribution >= 0.6 is 11.8 Å². The summed E-state index contributed by atoms with van der Waals surface area (Å²) in [5.74, 6) is 8.63. The van der Waals surface area contributed by atoms with Crippen LogP contribution in [0.1, 0.15) is 33.0 Å². The summed E-state index contributed by atoms with van der Waals surface area (Å²) in [6, 6.07) is 9.83. The number of hydrogen-bond donors (Lipinski definition) is 1. The molecular weight excluding hydrogens is 284 g/mol. The molecule has 0 saturated heterocycles. The van der Waals surface area contributed by atoms with Gasteiger partial charge in [0.2, 0.25) is 5.16 Å². The number of para-hydroxylation sites is 1. The predicted molar refractivity (Wildman–Crippen MR) is 86.2 cm³/mol. The number of nitrogens with zero attached hydrogens (tertiary/aromatic N) is 3. The molecule has 0 fully saturated rings. The Balaban J connectivity index is 1.76. The monoisotopic (exact) mass is 306 g/mol. The average molecular weight is 306 g/mol. The van der Waals surface area contributed by atoms with Gasteiger partial charge in [0.25, 0.3) is 0 Å². The molecule has 0 aliphatic carbocycles. The molecule has 0 saturated carbocycles. The lowest BCUT2D eigenvalue weighted by molar-refractivity contribution is 0.318. The number of ether oxygens (including phenoxy) is 1. The number of nitrogen functional groups attached to an aromatic ring is 1. The van der Waals surface area contributed by atoms with Crippen LogP contribution in [0, 0.1) is 0 Å². The molecule has 0 radical (unpaired) electrons. The lowest BCUT2D eigenvalue weighted by atomic mass is 9.96. The van der Waals surface area contributed by atoms with Crippen molar-refractivity contribution in [3.63, 3.8) is 0 Å². The number of aromatic nitrogens is 3. The van der Waals surface area contributed by atoms with Gasteiger partial charge in [-0.15, -0.1) is 10.2 Å². The molecule has 5 nitrogen and oxygen atoms in total. The van der Waals surface area contributed by atoms with Gasteiger partial charge in [0.05, 0.1) is 6.61 Å². The highest BCUT2D eigenvalue weighted by molar-refractivity contribution is 7.99. The second kappa shape index (κ2) is 6.85. The lowest BCUT2D eigenvalue weighted by Crippen LogP contribution is -2.24. The van der Waals surface area contributed by atoms with Crippen molar-refractivity contribution in [2.45, 2.75) is 37.8 Å². The fourth-order valence-corrected chi connectivity index (χ4v) is 2.58. The summed E-state index contributed by atoms with van der Waals surface area (Å²) in [5, 5.41) is 9.07. The maximum absolute atomic E-state index is 6.03. The summed E-state index contributed by atoms with van der Waals surface area (Å²) in [4.78, 5) is 0. The van der Waals surface area contributed by atoms with E-state index in [0.29, 0.717) is 6.61 Å². The zero-order chi connectivity index (χ0) is 15.3.